The highest BCUT2D eigenvalue weighted by Crippen LogP contribution is 2.23. The number of anilines is 1. The second-order valence-electron chi connectivity index (χ2n) is 7.54. The van der Waals surface area contributed by atoms with Gasteiger partial charge < -0.3 is 19.9 Å². The van der Waals surface area contributed by atoms with E-state index in [9.17, 15) is 4.79 Å². The van der Waals surface area contributed by atoms with E-state index in [1.807, 2.05) is 24.3 Å². The summed E-state index contributed by atoms with van der Waals surface area (Å²) in [5.41, 5.74) is 2.81. The number of aryl methyl sites for hydroxylation is 1. The van der Waals surface area contributed by atoms with Gasteiger partial charge in [-0.05, 0) is 24.1 Å². The average molecular weight is 431 g/mol. The van der Waals surface area contributed by atoms with Gasteiger partial charge in [0.05, 0.1) is 39.8 Å². The van der Waals surface area contributed by atoms with E-state index in [0.717, 1.165) is 60.6 Å². The largest absolute Gasteiger partial charge is 0.383 e. The summed E-state index contributed by atoms with van der Waals surface area (Å²) < 4.78 is 4.98. The molecule has 1 aliphatic rings. The van der Waals surface area contributed by atoms with Gasteiger partial charge in [0.15, 0.2) is 5.16 Å². The number of carbonyl (C=O) groups excluding carboxylic acids is 1. The average Bonchev–Trinajstić information content (AvgIpc) is 2.78. The Morgan fingerprint density at radius 1 is 1.27 bits per heavy atom. The van der Waals surface area contributed by atoms with Crippen molar-refractivity contribution < 1.29 is 14.4 Å². The summed E-state index contributed by atoms with van der Waals surface area (Å²) in [7, 11) is 3.86. The molecule has 0 radical (unpaired) electrons. The van der Waals surface area contributed by atoms with Crippen LogP contribution >= 0.6 is 11.8 Å². The number of thioether (sulfide) groups is 1. The molecule has 0 unspecified atom stereocenters. The van der Waals surface area contributed by atoms with Crippen molar-refractivity contribution in [3.63, 3.8) is 0 Å². The molecular formula is C22H32N5O2S+. The van der Waals surface area contributed by atoms with Crippen LogP contribution in [0.1, 0.15) is 28.5 Å². The molecule has 0 aliphatic carbocycles. The lowest BCUT2D eigenvalue weighted by Crippen LogP contribution is -3.12. The third-order valence-electron chi connectivity index (χ3n) is 5.20. The molecule has 1 aromatic carbocycles. The number of nitrogens with one attached hydrogen (secondary N) is 2. The number of hydrogen-bond acceptors (Lipinski definition) is 6. The Morgan fingerprint density at radius 3 is 2.80 bits per heavy atom. The van der Waals surface area contributed by atoms with Crippen molar-refractivity contribution >= 4 is 23.5 Å². The Kier molecular flexibility index (Phi) is 8.48. The van der Waals surface area contributed by atoms with Gasteiger partial charge in [0.25, 0.3) is 5.91 Å². The van der Waals surface area contributed by atoms with Crippen molar-refractivity contribution in [2.24, 2.45) is 0 Å². The number of nitrogens with zero attached hydrogens (tertiary/aromatic N) is 3. The fraction of sp³-hybridized carbons (Fsp3) is 0.500. The van der Waals surface area contributed by atoms with Crippen LogP contribution < -0.4 is 15.1 Å². The number of rotatable bonds is 9. The molecule has 3 rings (SSSR count). The minimum absolute atomic E-state index is 0.0809. The molecular weight excluding hydrogens is 398 g/mol. The van der Waals surface area contributed by atoms with Crippen LogP contribution in [0.3, 0.4) is 0 Å². The first-order valence-corrected chi connectivity index (χ1v) is 11.5. The van der Waals surface area contributed by atoms with Gasteiger partial charge >= 0.3 is 0 Å². The van der Waals surface area contributed by atoms with Crippen molar-refractivity contribution in [2.75, 3.05) is 58.4 Å². The van der Waals surface area contributed by atoms with Gasteiger partial charge in [0, 0.05) is 36.7 Å². The smallest absolute Gasteiger partial charge is 0.251 e. The number of amides is 1. The number of likely N-dealkylation sites (N-methyl/N-ethyl adjacent to an activating group) is 1. The maximum Gasteiger partial charge on any atom is 0.251 e. The first kappa shape index (κ1) is 22.5. The second kappa shape index (κ2) is 11.3. The first-order chi connectivity index (χ1) is 14.6. The Balaban J connectivity index is 1.66. The Bertz CT molecular complexity index is 840. The summed E-state index contributed by atoms with van der Waals surface area (Å²) in [6.07, 6.45) is 0.888. The lowest BCUT2D eigenvalue weighted by Gasteiger charge is -2.31. The Morgan fingerprint density at radius 2 is 2.07 bits per heavy atom. The number of piperazine rings is 1. The quantitative estimate of drug-likeness (QED) is 0.352. The van der Waals surface area contributed by atoms with Crippen molar-refractivity contribution in [1.29, 1.82) is 0 Å². The van der Waals surface area contributed by atoms with E-state index >= 15 is 0 Å². The van der Waals surface area contributed by atoms with Crippen molar-refractivity contribution in [3.05, 3.63) is 47.2 Å². The highest BCUT2D eigenvalue weighted by atomic mass is 32.2. The third kappa shape index (κ3) is 6.42. The summed E-state index contributed by atoms with van der Waals surface area (Å²) in [5.74, 6) is 1.67. The van der Waals surface area contributed by atoms with E-state index in [1.54, 1.807) is 23.8 Å². The lowest BCUT2D eigenvalue weighted by atomic mass is 10.1. The van der Waals surface area contributed by atoms with E-state index in [1.165, 1.54) is 0 Å². The fourth-order valence-electron chi connectivity index (χ4n) is 3.30. The van der Waals surface area contributed by atoms with Crippen LogP contribution in [0.25, 0.3) is 0 Å². The van der Waals surface area contributed by atoms with Gasteiger partial charge in [0.1, 0.15) is 5.82 Å². The number of carbonyl (C=O) groups is 1. The van der Waals surface area contributed by atoms with Gasteiger partial charge in [0.2, 0.25) is 0 Å². The van der Waals surface area contributed by atoms with E-state index in [0.29, 0.717) is 18.7 Å². The minimum Gasteiger partial charge on any atom is -0.383 e. The second-order valence-corrected chi connectivity index (χ2v) is 8.48. The lowest BCUT2D eigenvalue weighted by molar-refractivity contribution is -0.880. The molecule has 1 amide bonds. The van der Waals surface area contributed by atoms with Gasteiger partial charge in [-0.2, -0.15) is 0 Å². The number of hydrogen-bond donors (Lipinski definition) is 2. The topological polar surface area (TPSA) is 71.8 Å². The zero-order valence-electron chi connectivity index (χ0n) is 18.1. The first-order valence-electron chi connectivity index (χ1n) is 10.5. The Labute approximate surface area is 183 Å². The van der Waals surface area contributed by atoms with Crippen LogP contribution in [0.2, 0.25) is 0 Å². The molecule has 0 atom stereocenters. The molecule has 0 saturated carbocycles. The predicted octanol–water partition coefficient (Wildman–Crippen LogP) is 1.04. The van der Waals surface area contributed by atoms with Crippen LogP contribution in [0, 0.1) is 0 Å². The van der Waals surface area contributed by atoms with E-state index in [-0.39, 0.29) is 5.91 Å². The summed E-state index contributed by atoms with van der Waals surface area (Å²) in [4.78, 5) is 25.7. The number of aromatic nitrogens is 2. The number of quaternary nitrogens is 1. The van der Waals surface area contributed by atoms with Crippen molar-refractivity contribution in [3.8, 4) is 0 Å². The maximum atomic E-state index is 12.3. The highest BCUT2D eigenvalue weighted by molar-refractivity contribution is 7.98. The standard InChI is InChI=1S/C22H31N5O2S/c1-4-19-15-20(27-11-9-26(2)10-12-27)25-22(24-19)30-16-17-6-5-7-18(14-17)21(28)23-8-13-29-3/h5-7,14-15H,4,8-13,16H2,1-3H3,(H,23,28)/p+1. The number of methoxy groups -OCH3 is 1. The molecule has 30 heavy (non-hydrogen) atoms. The normalized spacial score (nSPS) is 14.7. The summed E-state index contributed by atoms with van der Waals surface area (Å²) in [6, 6.07) is 9.84. The monoisotopic (exact) mass is 430 g/mol. The van der Waals surface area contributed by atoms with Gasteiger partial charge in [-0.15, -0.1) is 0 Å². The van der Waals surface area contributed by atoms with Gasteiger partial charge in [-0.1, -0.05) is 30.8 Å². The fourth-order valence-corrected chi connectivity index (χ4v) is 4.12. The zero-order valence-corrected chi connectivity index (χ0v) is 18.9. The predicted molar refractivity (Wildman–Crippen MR) is 120 cm³/mol. The molecule has 8 heteroatoms. The number of benzene rings is 1. The van der Waals surface area contributed by atoms with E-state index < -0.39 is 0 Å². The molecule has 0 bridgehead atoms. The molecule has 2 heterocycles. The van der Waals surface area contributed by atoms with Crippen LogP contribution in [0.15, 0.2) is 35.5 Å². The van der Waals surface area contributed by atoms with Crippen molar-refractivity contribution in [1.82, 2.24) is 15.3 Å². The van der Waals surface area contributed by atoms with E-state index in [4.69, 9.17) is 14.7 Å². The molecule has 2 N–H and O–H groups in total. The van der Waals surface area contributed by atoms with Crippen LogP contribution in [0.4, 0.5) is 5.82 Å². The van der Waals surface area contributed by atoms with Crippen molar-refractivity contribution in [2.45, 2.75) is 24.3 Å². The molecule has 2 aromatic rings. The van der Waals surface area contributed by atoms with Crippen LogP contribution in [0.5, 0.6) is 0 Å². The SMILES string of the molecule is CCc1cc(N2CC[NH+](C)CC2)nc(SCc2cccc(C(=O)NCCOC)c2)n1. The molecule has 162 valence electrons. The Hall–Kier alpha value is -2.16. The maximum absolute atomic E-state index is 12.3. The molecule has 1 saturated heterocycles. The summed E-state index contributed by atoms with van der Waals surface area (Å²) in [5, 5.41) is 3.66. The van der Waals surface area contributed by atoms with Gasteiger partial charge in [-0.3, -0.25) is 4.79 Å². The summed E-state index contributed by atoms with van der Waals surface area (Å²) >= 11 is 1.62. The van der Waals surface area contributed by atoms with Crippen LogP contribution in [-0.2, 0) is 16.9 Å². The third-order valence-corrected chi connectivity index (χ3v) is 6.12. The zero-order chi connectivity index (χ0) is 21.3. The molecule has 1 fully saturated rings. The molecule has 7 nitrogen and oxygen atoms in total. The summed E-state index contributed by atoms with van der Waals surface area (Å²) in [6.45, 7) is 7.44. The highest BCUT2D eigenvalue weighted by Gasteiger charge is 2.19. The molecule has 1 aromatic heterocycles. The van der Waals surface area contributed by atoms with Crippen LogP contribution in [-0.4, -0.2) is 69.4 Å². The van der Waals surface area contributed by atoms with E-state index in [2.05, 4.69) is 30.3 Å². The molecule has 0 spiro atoms. The van der Waals surface area contributed by atoms with Gasteiger partial charge in [-0.25, -0.2) is 9.97 Å². The minimum atomic E-state index is -0.0809. The number of ether oxygens (including phenoxy) is 1. The molecule has 1 aliphatic heterocycles.